The second kappa shape index (κ2) is 6.49. The molecule has 1 aromatic heterocycles. The quantitative estimate of drug-likeness (QED) is 0.881. The van der Waals surface area contributed by atoms with Crippen molar-refractivity contribution in [1.82, 2.24) is 10.3 Å². The highest BCUT2D eigenvalue weighted by atomic mass is 32.1. The van der Waals surface area contributed by atoms with Gasteiger partial charge in [0.2, 0.25) is 0 Å². The molecule has 1 atom stereocenters. The normalized spacial score (nSPS) is 11.8. The Morgan fingerprint density at radius 1 is 1.24 bits per heavy atom. The van der Waals surface area contributed by atoms with Crippen LogP contribution < -0.4 is 5.32 Å². The van der Waals surface area contributed by atoms with Crippen molar-refractivity contribution in [3.05, 3.63) is 51.5 Å². The Morgan fingerprint density at radius 2 is 1.90 bits per heavy atom. The number of esters is 1. The summed E-state index contributed by atoms with van der Waals surface area (Å²) in [6, 6.07) is 6.54. The number of benzene rings is 1. The number of aryl methyl sites for hydroxylation is 2. The number of carbonyl (C=O) groups is 2. The van der Waals surface area contributed by atoms with Gasteiger partial charge in [-0.15, -0.1) is 11.3 Å². The maximum Gasteiger partial charge on any atom is 0.333 e. The molecule has 0 spiro atoms. The van der Waals surface area contributed by atoms with Gasteiger partial charge in [-0.25, -0.2) is 9.78 Å². The fourth-order valence-electron chi connectivity index (χ4n) is 1.87. The predicted octanol–water partition coefficient (Wildman–Crippen LogP) is 2.40. The van der Waals surface area contributed by atoms with Gasteiger partial charge >= 0.3 is 5.97 Å². The molecular formula is C15H16N2O3S. The van der Waals surface area contributed by atoms with E-state index in [2.05, 4.69) is 10.3 Å². The molecule has 1 unspecified atom stereocenters. The first-order chi connectivity index (χ1) is 10.0. The minimum absolute atomic E-state index is 0.328. The van der Waals surface area contributed by atoms with E-state index >= 15 is 0 Å². The fraction of sp³-hybridized carbons (Fsp3) is 0.267. The number of rotatable bonds is 4. The van der Waals surface area contributed by atoms with Gasteiger partial charge in [0.1, 0.15) is 4.88 Å². The molecule has 0 aliphatic heterocycles. The van der Waals surface area contributed by atoms with Crippen LogP contribution in [0, 0.1) is 13.8 Å². The third-order valence-corrected chi connectivity index (χ3v) is 4.00. The summed E-state index contributed by atoms with van der Waals surface area (Å²) >= 11 is 1.24. The van der Waals surface area contributed by atoms with E-state index in [4.69, 9.17) is 4.74 Å². The molecule has 2 aromatic rings. The van der Waals surface area contributed by atoms with E-state index in [-0.39, 0.29) is 5.91 Å². The van der Waals surface area contributed by atoms with Gasteiger partial charge in [0.15, 0.2) is 6.04 Å². The van der Waals surface area contributed by atoms with Crippen molar-refractivity contribution < 1.29 is 14.3 Å². The van der Waals surface area contributed by atoms with E-state index in [1.807, 2.05) is 19.1 Å². The summed E-state index contributed by atoms with van der Waals surface area (Å²) < 4.78 is 4.78. The largest absolute Gasteiger partial charge is 0.467 e. The van der Waals surface area contributed by atoms with E-state index in [9.17, 15) is 9.59 Å². The second-order valence-electron chi connectivity index (χ2n) is 4.61. The smallest absolute Gasteiger partial charge is 0.333 e. The lowest BCUT2D eigenvalue weighted by Crippen LogP contribution is -2.34. The Morgan fingerprint density at radius 3 is 2.43 bits per heavy atom. The van der Waals surface area contributed by atoms with Gasteiger partial charge in [-0.05, 0) is 19.4 Å². The van der Waals surface area contributed by atoms with Gasteiger partial charge in [-0.3, -0.25) is 4.79 Å². The van der Waals surface area contributed by atoms with Crippen molar-refractivity contribution in [1.29, 1.82) is 0 Å². The van der Waals surface area contributed by atoms with Gasteiger partial charge in [0.05, 0.1) is 18.3 Å². The standard InChI is InChI=1S/C15H16N2O3S/c1-9-4-6-11(7-5-9)12(15(19)20-3)17-14(18)13-10(2)16-8-21-13/h4-8,12H,1-3H3,(H,17,18). The number of carbonyl (C=O) groups excluding carboxylic acids is 2. The molecule has 0 aliphatic carbocycles. The van der Waals surface area contributed by atoms with Crippen molar-refractivity contribution in [3.8, 4) is 0 Å². The number of amides is 1. The molecule has 0 saturated carbocycles. The molecule has 2 rings (SSSR count). The van der Waals surface area contributed by atoms with Crippen LogP contribution in [-0.2, 0) is 9.53 Å². The molecule has 0 bridgehead atoms. The average Bonchev–Trinajstić information content (AvgIpc) is 2.91. The highest BCUT2D eigenvalue weighted by Crippen LogP contribution is 2.18. The van der Waals surface area contributed by atoms with Crippen LogP contribution in [0.4, 0.5) is 0 Å². The van der Waals surface area contributed by atoms with Crippen LogP contribution in [0.5, 0.6) is 0 Å². The molecule has 0 aliphatic rings. The molecule has 1 amide bonds. The van der Waals surface area contributed by atoms with Crippen molar-refractivity contribution in [2.24, 2.45) is 0 Å². The predicted molar refractivity (Wildman–Crippen MR) is 80.3 cm³/mol. The van der Waals surface area contributed by atoms with Gasteiger partial charge in [-0.2, -0.15) is 0 Å². The third kappa shape index (κ3) is 3.46. The number of ether oxygens (including phenoxy) is 1. The van der Waals surface area contributed by atoms with Gasteiger partial charge in [0, 0.05) is 0 Å². The first-order valence-corrected chi connectivity index (χ1v) is 7.26. The molecule has 6 heteroatoms. The summed E-state index contributed by atoms with van der Waals surface area (Å²) in [5, 5.41) is 2.70. The van der Waals surface area contributed by atoms with Gasteiger partial charge in [-0.1, -0.05) is 29.8 Å². The average molecular weight is 304 g/mol. The highest BCUT2D eigenvalue weighted by Gasteiger charge is 2.25. The van der Waals surface area contributed by atoms with E-state index in [0.29, 0.717) is 16.1 Å². The molecule has 110 valence electrons. The van der Waals surface area contributed by atoms with Crippen LogP contribution in [0.15, 0.2) is 29.8 Å². The Hall–Kier alpha value is -2.21. The van der Waals surface area contributed by atoms with Crippen LogP contribution in [0.1, 0.15) is 32.5 Å². The second-order valence-corrected chi connectivity index (χ2v) is 5.46. The van der Waals surface area contributed by atoms with Crippen LogP contribution >= 0.6 is 11.3 Å². The van der Waals surface area contributed by atoms with Crippen molar-refractivity contribution in [2.75, 3.05) is 7.11 Å². The first-order valence-electron chi connectivity index (χ1n) is 6.38. The first kappa shape index (κ1) is 15.2. The Balaban J connectivity index is 2.25. The van der Waals surface area contributed by atoms with E-state index in [1.54, 1.807) is 24.6 Å². The summed E-state index contributed by atoms with van der Waals surface area (Å²) in [5.74, 6) is -0.833. The minimum Gasteiger partial charge on any atom is -0.467 e. The lowest BCUT2D eigenvalue weighted by atomic mass is 10.1. The molecule has 0 fully saturated rings. The Labute approximate surface area is 127 Å². The van der Waals surface area contributed by atoms with Gasteiger partial charge in [0.25, 0.3) is 5.91 Å². The van der Waals surface area contributed by atoms with Crippen LogP contribution in [0.2, 0.25) is 0 Å². The number of nitrogens with one attached hydrogen (secondary N) is 1. The zero-order valence-corrected chi connectivity index (χ0v) is 12.9. The summed E-state index contributed by atoms with van der Waals surface area (Å²) in [5.41, 5.74) is 4.00. The topological polar surface area (TPSA) is 68.3 Å². The summed E-state index contributed by atoms with van der Waals surface area (Å²) in [7, 11) is 1.30. The van der Waals surface area contributed by atoms with E-state index < -0.39 is 12.0 Å². The zero-order chi connectivity index (χ0) is 15.4. The van der Waals surface area contributed by atoms with Crippen LogP contribution in [-0.4, -0.2) is 24.0 Å². The summed E-state index contributed by atoms with van der Waals surface area (Å²) in [6.45, 7) is 3.71. The maximum atomic E-state index is 12.2. The molecule has 1 aromatic carbocycles. The SMILES string of the molecule is COC(=O)C(NC(=O)c1scnc1C)c1ccc(C)cc1. The number of hydrogen-bond acceptors (Lipinski definition) is 5. The number of methoxy groups -OCH3 is 1. The van der Waals surface area contributed by atoms with E-state index in [1.165, 1.54) is 18.4 Å². The third-order valence-electron chi connectivity index (χ3n) is 3.07. The molecule has 0 radical (unpaired) electrons. The molecule has 1 heterocycles. The number of aromatic nitrogens is 1. The zero-order valence-electron chi connectivity index (χ0n) is 12.0. The Kier molecular flexibility index (Phi) is 4.70. The summed E-state index contributed by atoms with van der Waals surface area (Å²) in [6.07, 6.45) is 0. The van der Waals surface area contributed by atoms with Crippen molar-refractivity contribution in [2.45, 2.75) is 19.9 Å². The fourth-order valence-corrected chi connectivity index (χ4v) is 2.58. The maximum absolute atomic E-state index is 12.2. The monoisotopic (exact) mass is 304 g/mol. The van der Waals surface area contributed by atoms with Crippen molar-refractivity contribution >= 4 is 23.2 Å². The van der Waals surface area contributed by atoms with Crippen LogP contribution in [0.3, 0.4) is 0 Å². The minimum atomic E-state index is -0.829. The van der Waals surface area contributed by atoms with Crippen LogP contribution in [0.25, 0.3) is 0 Å². The lowest BCUT2D eigenvalue weighted by Gasteiger charge is -2.16. The number of hydrogen-bond donors (Lipinski definition) is 1. The summed E-state index contributed by atoms with van der Waals surface area (Å²) in [4.78, 5) is 28.7. The van der Waals surface area contributed by atoms with E-state index in [0.717, 1.165) is 5.56 Å². The number of thiazole rings is 1. The molecular weight excluding hydrogens is 288 g/mol. The molecule has 0 saturated heterocycles. The number of nitrogens with zero attached hydrogens (tertiary/aromatic N) is 1. The molecule has 5 nitrogen and oxygen atoms in total. The lowest BCUT2D eigenvalue weighted by molar-refractivity contribution is -0.143. The van der Waals surface area contributed by atoms with Gasteiger partial charge < -0.3 is 10.1 Å². The highest BCUT2D eigenvalue weighted by molar-refractivity contribution is 7.11. The molecule has 1 N–H and O–H groups in total. The van der Waals surface area contributed by atoms with Crippen molar-refractivity contribution in [3.63, 3.8) is 0 Å². The molecule has 21 heavy (non-hydrogen) atoms. The Bertz CT molecular complexity index is 649.